The topological polar surface area (TPSA) is 110 Å². The molecular weight excluding hydrogens is 454 g/mol. The van der Waals surface area contributed by atoms with E-state index in [2.05, 4.69) is 40.3 Å². The van der Waals surface area contributed by atoms with E-state index in [-0.39, 0.29) is 11.6 Å². The molecule has 2 aromatic carbocycles. The number of aryl methyl sites for hydroxylation is 1. The molecule has 2 N–H and O–H groups in total. The Balaban J connectivity index is 1.37. The second-order valence-electron chi connectivity index (χ2n) is 9.09. The zero-order valence-corrected chi connectivity index (χ0v) is 20.4. The van der Waals surface area contributed by atoms with Gasteiger partial charge in [0.2, 0.25) is 0 Å². The van der Waals surface area contributed by atoms with Crippen LogP contribution in [0.15, 0.2) is 71.9 Å². The minimum absolute atomic E-state index is 0.170. The molecule has 0 unspecified atom stereocenters. The average molecular weight is 482 g/mol. The van der Waals surface area contributed by atoms with E-state index in [0.29, 0.717) is 41.6 Å². The number of carbonyl (C=O) groups excluding carboxylic acids is 1. The van der Waals surface area contributed by atoms with Gasteiger partial charge in [0.05, 0.1) is 18.9 Å². The molecule has 3 heterocycles. The van der Waals surface area contributed by atoms with E-state index in [1.54, 1.807) is 33.8 Å². The van der Waals surface area contributed by atoms with E-state index in [1.165, 1.54) is 0 Å². The highest BCUT2D eigenvalue weighted by molar-refractivity contribution is 5.94. The van der Waals surface area contributed by atoms with Gasteiger partial charge in [0.15, 0.2) is 11.5 Å². The van der Waals surface area contributed by atoms with Crippen molar-refractivity contribution in [3.8, 4) is 11.4 Å². The molecule has 0 spiro atoms. The number of carbonyl (C=O) groups is 1. The molecular formula is C27H27N7O2. The quantitative estimate of drug-likeness (QED) is 0.369. The highest BCUT2D eigenvalue weighted by Crippen LogP contribution is 2.27. The number of H-pyrrole nitrogens is 1. The van der Waals surface area contributed by atoms with Crippen molar-refractivity contribution in [3.63, 3.8) is 0 Å². The Labute approximate surface area is 207 Å². The predicted molar refractivity (Wildman–Crippen MR) is 138 cm³/mol. The van der Waals surface area contributed by atoms with Gasteiger partial charge in [-0.25, -0.2) is 14.8 Å². The molecule has 1 amide bonds. The monoisotopic (exact) mass is 481 g/mol. The molecule has 0 bridgehead atoms. The first-order chi connectivity index (χ1) is 17.4. The van der Waals surface area contributed by atoms with Gasteiger partial charge >= 0.3 is 5.69 Å². The zero-order chi connectivity index (χ0) is 25.2. The van der Waals surface area contributed by atoms with E-state index in [1.807, 2.05) is 43.6 Å². The van der Waals surface area contributed by atoms with Crippen LogP contribution in [0.25, 0.3) is 22.6 Å². The fourth-order valence-corrected chi connectivity index (χ4v) is 4.22. The van der Waals surface area contributed by atoms with E-state index in [4.69, 9.17) is 4.98 Å². The molecule has 5 rings (SSSR count). The molecule has 0 saturated carbocycles. The molecule has 0 aliphatic rings. The van der Waals surface area contributed by atoms with Crippen LogP contribution >= 0.6 is 0 Å². The van der Waals surface area contributed by atoms with Gasteiger partial charge in [-0.3, -0.25) is 14.0 Å². The highest BCUT2D eigenvalue weighted by Gasteiger charge is 2.15. The number of nitrogens with zero attached hydrogens (tertiary/aromatic N) is 5. The molecule has 36 heavy (non-hydrogen) atoms. The minimum Gasteiger partial charge on any atom is -0.348 e. The molecule has 0 aliphatic heterocycles. The Bertz CT molecular complexity index is 1590. The SMILES string of the molecule is CC(C)c1ccccc1-c1ncc2[nH]c(=O)n(Cc3ccc(C(=O)NCc4cnn(C)c4)cc3)c2n1. The lowest BCUT2D eigenvalue weighted by Crippen LogP contribution is -2.22. The fraction of sp³-hybridized carbons (Fsp3) is 0.222. The van der Waals surface area contributed by atoms with Crippen molar-refractivity contribution in [1.82, 2.24) is 34.6 Å². The highest BCUT2D eigenvalue weighted by atomic mass is 16.2. The summed E-state index contributed by atoms with van der Waals surface area (Å²) in [5.41, 5.74) is 5.33. The lowest BCUT2D eigenvalue weighted by atomic mass is 9.97. The summed E-state index contributed by atoms with van der Waals surface area (Å²) in [6.45, 7) is 4.98. The molecule has 0 radical (unpaired) electrons. The van der Waals surface area contributed by atoms with Crippen molar-refractivity contribution >= 4 is 17.1 Å². The lowest BCUT2D eigenvalue weighted by molar-refractivity contribution is 0.0951. The Morgan fingerprint density at radius 1 is 1.06 bits per heavy atom. The molecule has 0 aliphatic carbocycles. The van der Waals surface area contributed by atoms with Gasteiger partial charge in [-0.1, -0.05) is 50.2 Å². The normalized spacial score (nSPS) is 11.3. The lowest BCUT2D eigenvalue weighted by Gasteiger charge is -2.11. The molecule has 9 heteroatoms. The standard InChI is InChI=1S/C27H27N7O2/c1-17(2)21-6-4-5-7-22(21)24-28-14-23-25(32-24)34(27(36)31-23)16-18-8-10-20(11-9-18)26(35)29-12-19-13-30-33(3)15-19/h4-11,13-15,17H,12,16H2,1-3H3,(H,29,35)(H,31,36). The summed E-state index contributed by atoms with van der Waals surface area (Å²) in [7, 11) is 1.83. The van der Waals surface area contributed by atoms with Crippen LogP contribution in [0.5, 0.6) is 0 Å². The van der Waals surface area contributed by atoms with Gasteiger partial charge in [0, 0.05) is 36.5 Å². The molecule has 3 aromatic heterocycles. The maximum Gasteiger partial charge on any atom is 0.328 e. The predicted octanol–water partition coefficient (Wildman–Crippen LogP) is 3.62. The number of aromatic amines is 1. The molecule has 0 fully saturated rings. The van der Waals surface area contributed by atoms with E-state index in [0.717, 1.165) is 22.3 Å². The van der Waals surface area contributed by atoms with Crippen LogP contribution in [0, 0.1) is 0 Å². The number of hydrogen-bond acceptors (Lipinski definition) is 5. The number of amides is 1. The molecule has 0 saturated heterocycles. The van der Waals surface area contributed by atoms with Gasteiger partial charge in [-0.15, -0.1) is 0 Å². The van der Waals surface area contributed by atoms with Gasteiger partial charge < -0.3 is 10.3 Å². The van der Waals surface area contributed by atoms with Crippen LogP contribution in [0.1, 0.15) is 46.8 Å². The maximum absolute atomic E-state index is 12.7. The van der Waals surface area contributed by atoms with Crippen LogP contribution in [0.2, 0.25) is 0 Å². The Morgan fingerprint density at radius 3 is 2.56 bits per heavy atom. The number of rotatable bonds is 7. The van der Waals surface area contributed by atoms with Crippen LogP contribution in [-0.2, 0) is 20.1 Å². The summed E-state index contributed by atoms with van der Waals surface area (Å²) >= 11 is 0. The number of aromatic nitrogens is 6. The number of nitrogens with one attached hydrogen (secondary N) is 2. The first-order valence-electron chi connectivity index (χ1n) is 11.8. The van der Waals surface area contributed by atoms with E-state index >= 15 is 0 Å². The molecule has 0 atom stereocenters. The van der Waals surface area contributed by atoms with Gasteiger partial charge in [0.25, 0.3) is 5.91 Å². The minimum atomic E-state index is -0.258. The van der Waals surface area contributed by atoms with Crippen LogP contribution in [-0.4, -0.2) is 35.2 Å². The second-order valence-corrected chi connectivity index (χ2v) is 9.09. The van der Waals surface area contributed by atoms with Crippen molar-refractivity contribution in [2.24, 2.45) is 7.05 Å². The fourth-order valence-electron chi connectivity index (χ4n) is 4.22. The first kappa shape index (κ1) is 23.2. The Morgan fingerprint density at radius 2 is 1.83 bits per heavy atom. The largest absolute Gasteiger partial charge is 0.348 e. The van der Waals surface area contributed by atoms with Crippen molar-refractivity contribution < 1.29 is 4.79 Å². The number of benzene rings is 2. The third-order valence-corrected chi connectivity index (χ3v) is 6.10. The molecule has 182 valence electrons. The van der Waals surface area contributed by atoms with Gasteiger partial charge in [-0.05, 0) is 29.2 Å². The summed E-state index contributed by atoms with van der Waals surface area (Å²) < 4.78 is 3.29. The van der Waals surface area contributed by atoms with Gasteiger partial charge in [-0.2, -0.15) is 5.10 Å². The summed E-state index contributed by atoms with van der Waals surface area (Å²) in [5.74, 6) is 0.727. The Hall–Kier alpha value is -4.53. The average Bonchev–Trinajstić information content (AvgIpc) is 3.44. The third kappa shape index (κ3) is 4.68. The summed E-state index contributed by atoms with van der Waals surface area (Å²) in [5, 5.41) is 6.99. The Kier molecular flexibility index (Phi) is 6.20. The molecule has 5 aromatic rings. The van der Waals surface area contributed by atoms with Crippen molar-refractivity contribution in [3.05, 3.63) is 99.9 Å². The zero-order valence-electron chi connectivity index (χ0n) is 20.4. The van der Waals surface area contributed by atoms with E-state index in [9.17, 15) is 9.59 Å². The van der Waals surface area contributed by atoms with Crippen LogP contribution < -0.4 is 11.0 Å². The smallest absolute Gasteiger partial charge is 0.328 e. The summed E-state index contributed by atoms with van der Waals surface area (Å²) in [6, 6.07) is 15.3. The number of hydrogen-bond donors (Lipinski definition) is 2. The van der Waals surface area contributed by atoms with Crippen molar-refractivity contribution in [2.75, 3.05) is 0 Å². The van der Waals surface area contributed by atoms with Crippen molar-refractivity contribution in [1.29, 1.82) is 0 Å². The van der Waals surface area contributed by atoms with Crippen LogP contribution in [0.4, 0.5) is 0 Å². The van der Waals surface area contributed by atoms with Gasteiger partial charge in [0.1, 0.15) is 5.52 Å². The first-order valence-corrected chi connectivity index (χ1v) is 11.8. The maximum atomic E-state index is 12.7. The molecule has 9 nitrogen and oxygen atoms in total. The number of imidazole rings is 1. The van der Waals surface area contributed by atoms with E-state index < -0.39 is 0 Å². The van der Waals surface area contributed by atoms with Crippen LogP contribution in [0.3, 0.4) is 0 Å². The van der Waals surface area contributed by atoms with Crippen molar-refractivity contribution in [2.45, 2.75) is 32.9 Å². The summed E-state index contributed by atoms with van der Waals surface area (Å²) in [4.78, 5) is 37.3. The number of fused-ring (bicyclic) bond motifs is 1. The third-order valence-electron chi connectivity index (χ3n) is 6.10. The summed E-state index contributed by atoms with van der Waals surface area (Å²) in [6.07, 6.45) is 5.24. The second kappa shape index (κ2) is 9.61.